The number of hydrogen-bond acceptors (Lipinski definition) is 2. The molecule has 17 heavy (non-hydrogen) atoms. The van der Waals surface area contributed by atoms with E-state index in [2.05, 4.69) is 55.4 Å². The Balaban J connectivity index is 4.37. The van der Waals surface area contributed by atoms with Crippen molar-refractivity contribution in [1.82, 2.24) is 4.90 Å². The van der Waals surface area contributed by atoms with Gasteiger partial charge in [0.2, 0.25) is 0 Å². The van der Waals surface area contributed by atoms with E-state index in [1.54, 1.807) is 7.11 Å². The Hall–Kier alpha value is 0.400. The first kappa shape index (κ1) is 17.4. The van der Waals surface area contributed by atoms with Gasteiger partial charge in [-0.2, -0.15) is 0 Å². The van der Waals surface area contributed by atoms with E-state index < -0.39 is 0 Å². The van der Waals surface area contributed by atoms with E-state index in [9.17, 15) is 0 Å². The quantitative estimate of drug-likeness (QED) is 0.635. The van der Waals surface area contributed by atoms with Crippen LogP contribution in [0.2, 0.25) is 0 Å². The van der Waals surface area contributed by atoms with Crippen molar-refractivity contribution in [2.24, 2.45) is 17.3 Å². The molecule has 0 heterocycles. The summed E-state index contributed by atoms with van der Waals surface area (Å²) in [5.74, 6) is 1.39. The summed E-state index contributed by atoms with van der Waals surface area (Å²) in [6.07, 6.45) is 0. The smallest absolute Gasteiger partial charge is 0.0589 e. The molecule has 1 unspecified atom stereocenters. The standard InChI is InChI=1S/C14H30BrNO/c1-12(2)10-16(7-8-17-6)11-13(9-15)14(3,4)5/h12-13H,7-11H2,1-6H3. The van der Waals surface area contributed by atoms with Gasteiger partial charge in [0.1, 0.15) is 0 Å². The molecule has 0 aliphatic carbocycles. The molecule has 0 amide bonds. The molecule has 0 aliphatic heterocycles. The number of halogens is 1. The Bertz CT molecular complexity index is 189. The third kappa shape index (κ3) is 8.17. The van der Waals surface area contributed by atoms with Gasteiger partial charge in [0.15, 0.2) is 0 Å². The maximum atomic E-state index is 5.20. The number of ether oxygens (including phenoxy) is 1. The molecule has 0 saturated heterocycles. The van der Waals surface area contributed by atoms with Gasteiger partial charge < -0.3 is 9.64 Å². The van der Waals surface area contributed by atoms with E-state index in [0.29, 0.717) is 17.3 Å². The molecule has 0 bridgehead atoms. The first-order valence-corrected chi connectivity index (χ1v) is 7.70. The lowest BCUT2D eigenvalue weighted by Gasteiger charge is -2.35. The van der Waals surface area contributed by atoms with E-state index in [1.807, 2.05) is 0 Å². The first-order chi connectivity index (χ1) is 7.81. The fourth-order valence-electron chi connectivity index (χ4n) is 1.86. The minimum atomic E-state index is 0.353. The molecule has 0 fully saturated rings. The molecular formula is C14H30BrNO. The molecule has 3 heteroatoms. The lowest BCUT2D eigenvalue weighted by atomic mass is 9.81. The fraction of sp³-hybridized carbons (Fsp3) is 1.00. The summed E-state index contributed by atoms with van der Waals surface area (Å²) in [5, 5.41) is 1.07. The summed E-state index contributed by atoms with van der Waals surface area (Å²) in [5.41, 5.74) is 0.353. The predicted molar refractivity (Wildman–Crippen MR) is 79.9 cm³/mol. The van der Waals surface area contributed by atoms with Gasteiger partial charge in [-0.3, -0.25) is 0 Å². The minimum Gasteiger partial charge on any atom is -0.383 e. The second-order valence-electron chi connectivity index (χ2n) is 6.36. The molecule has 0 saturated carbocycles. The van der Waals surface area contributed by atoms with Crippen LogP contribution < -0.4 is 0 Å². The van der Waals surface area contributed by atoms with Crippen LogP contribution in [0.1, 0.15) is 34.6 Å². The zero-order valence-electron chi connectivity index (χ0n) is 12.4. The topological polar surface area (TPSA) is 12.5 Å². The van der Waals surface area contributed by atoms with Crippen molar-refractivity contribution in [2.45, 2.75) is 34.6 Å². The van der Waals surface area contributed by atoms with Crippen LogP contribution in [0.15, 0.2) is 0 Å². The van der Waals surface area contributed by atoms with Crippen molar-refractivity contribution in [3.05, 3.63) is 0 Å². The zero-order valence-corrected chi connectivity index (χ0v) is 14.0. The van der Waals surface area contributed by atoms with Crippen LogP contribution in [-0.4, -0.2) is 43.6 Å². The Labute approximate surface area is 116 Å². The van der Waals surface area contributed by atoms with Gasteiger partial charge in [0.05, 0.1) is 6.61 Å². The SMILES string of the molecule is COCCN(CC(C)C)CC(CBr)C(C)(C)C. The maximum absolute atomic E-state index is 5.20. The van der Waals surface area contributed by atoms with Crippen LogP contribution in [0.4, 0.5) is 0 Å². The van der Waals surface area contributed by atoms with Gasteiger partial charge in [-0.1, -0.05) is 50.5 Å². The van der Waals surface area contributed by atoms with E-state index in [0.717, 1.165) is 31.6 Å². The molecule has 0 N–H and O–H groups in total. The third-order valence-corrected chi connectivity index (χ3v) is 3.91. The van der Waals surface area contributed by atoms with Gasteiger partial charge in [0.25, 0.3) is 0 Å². The summed E-state index contributed by atoms with van der Waals surface area (Å²) in [6.45, 7) is 15.7. The van der Waals surface area contributed by atoms with E-state index in [4.69, 9.17) is 4.74 Å². The van der Waals surface area contributed by atoms with Crippen molar-refractivity contribution >= 4 is 15.9 Å². The Morgan fingerprint density at radius 2 is 1.76 bits per heavy atom. The fourth-order valence-corrected chi connectivity index (χ4v) is 3.04. The minimum absolute atomic E-state index is 0.353. The highest BCUT2D eigenvalue weighted by Crippen LogP contribution is 2.28. The van der Waals surface area contributed by atoms with Crippen molar-refractivity contribution in [3.8, 4) is 0 Å². The lowest BCUT2D eigenvalue weighted by molar-refractivity contribution is 0.109. The number of rotatable bonds is 8. The van der Waals surface area contributed by atoms with Crippen LogP contribution in [-0.2, 0) is 4.74 Å². The highest BCUT2D eigenvalue weighted by atomic mass is 79.9. The van der Waals surface area contributed by atoms with Crippen molar-refractivity contribution in [3.63, 3.8) is 0 Å². The number of methoxy groups -OCH3 is 1. The first-order valence-electron chi connectivity index (χ1n) is 6.58. The molecule has 0 aliphatic rings. The summed E-state index contributed by atoms with van der Waals surface area (Å²) in [7, 11) is 1.78. The molecule has 0 radical (unpaired) electrons. The highest BCUT2D eigenvalue weighted by Gasteiger charge is 2.25. The van der Waals surface area contributed by atoms with Crippen LogP contribution in [0.25, 0.3) is 0 Å². The molecule has 0 aromatic heterocycles. The molecule has 0 rings (SSSR count). The molecule has 2 nitrogen and oxygen atoms in total. The predicted octanol–water partition coefficient (Wildman–Crippen LogP) is 3.65. The number of hydrogen-bond donors (Lipinski definition) is 0. The Morgan fingerprint density at radius 3 is 2.12 bits per heavy atom. The molecule has 104 valence electrons. The normalized spacial score (nSPS) is 14.6. The van der Waals surface area contributed by atoms with Gasteiger partial charge in [-0.05, 0) is 17.3 Å². The summed E-state index contributed by atoms with van der Waals surface area (Å²) < 4.78 is 5.20. The van der Waals surface area contributed by atoms with Crippen molar-refractivity contribution < 1.29 is 4.74 Å². The molecule has 0 spiro atoms. The third-order valence-electron chi connectivity index (χ3n) is 3.12. The van der Waals surface area contributed by atoms with E-state index in [1.165, 1.54) is 0 Å². The summed E-state index contributed by atoms with van der Waals surface area (Å²) in [4.78, 5) is 2.53. The van der Waals surface area contributed by atoms with Gasteiger partial charge in [-0.25, -0.2) is 0 Å². The average molecular weight is 308 g/mol. The van der Waals surface area contributed by atoms with Crippen LogP contribution >= 0.6 is 15.9 Å². The average Bonchev–Trinajstić information content (AvgIpc) is 2.19. The van der Waals surface area contributed by atoms with Crippen LogP contribution in [0, 0.1) is 17.3 Å². The van der Waals surface area contributed by atoms with E-state index >= 15 is 0 Å². The Kier molecular flexibility index (Phi) is 8.69. The summed E-state index contributed by atoms with van der Waals surface area (Å²) in [6, 6.07) is 0. The monoisotopic (exact) mass is 307 g/mol. The second kappa shape index (κ2) is 8.49. The number of alkyl halides is 1. The lowest BCUT2D eigenvalue weighted by Crippen LogP contribution is -2.39. The maximum Gasteiger partial charge on any atom is 0.0589 e. The largest absolute Gasteiger partial charge is 0.383 e. The van der Waals surface area contributed by atoms with Gasteiger partial charge in [-0.15, -0.1) is 0 Å². The van der Waals surface area contributed by atoms with Crippen LogP contribution in [0.5, 0.6) is 0 Å². The molecule has 0 aromatic rings. The van der Waals surface area contributed by atoms with Gasteiger partial charge >= 0.3 is 0 Å². The molecule has 0 aromatic carbocycles. The molecular weight excluding hydrogens is 278 g/mol. The summed E-state index contributed by atoms with van der Waals surface area (Å²) >= 11 is 3.66. The van der Waals surface area contributed by atoms with Crippen molar-refractivity contribution in [2.75, 3.05) is 38.7 Å². The number of nitrogens with zero attached hydrogens (tertiary/aromatic N) is 1. The van der Waals surface area contributed by atoms with E-state index in [-0.39, 0.29) is 0 Å². The Morgan fingerprint density at radius 1 is 1.18 bits per heavy atom. The van der Waals surface area contributed by atoms with Gasteiger partial charge in [0, 0.05) is 32.1 Å². The second-order valence-corrected chi connectivity index (χ2v) is 7.01. The van der Waals surface area contributed by atoms with Crippen LogP contribution in [0.3, 0.4) is 0 Å². The highest BCUT2D eigenvalue weighted by molar-refractivity contribution is 9.09. The molecule has 1 atom stereocenters. The van der Waals surface area contributed by atoms with Crippen molar-refractivity contribution in [1.29, 1.82) is 0 Å². The zero-order chi connectivity index (χ0) is 13.5.